The highest BCUT2D eigenvalue weighted by Gasteiger charge is 2.21. The first kappa shape index (κ1) is 16.0. The number of carbonyl (C=O) groups is 1. The van der Waals surface area contributed by atoms with Gasteiger partial charge in [-0.25, -0.2) is 0 Å². The van der Waals surface area contributed by atoms with E-state index in [1.807, 2.05) is 18.2 Å². The molecule has 0 aliphatic rings. The third kappa shape index (κ3) is 3.84. The molecule has 1 amide bonds. The Morgan fingerprint density at radius 2 is 1.82 bits per heavy atom. The van der Waals surface area contributed by atoms with Crippen LogP contribution in [-0.4, -0.2) is 17.9 Å². The molecule has 0 spiro atoms. The molecule has 2 aromatic carbocycles. The Morgan fingerprint density at radius 1 is 1.18 bits per heavy atom. The van der Waals surface area contributed by atoms with Crippen molar-refractivity contribution in [1.82, 2.24) is 4.72 Å². The van der Waals surface area contributed by atoms with Crippen molar-refractivity contribution < 1.29 is 14.5 Å². The molecular formula is C15H14N2O4S. The number of nitrogens with one attached hydrogen (secondary N) is 1. The van der Waals surface area contributed by atoms with Gasteiger partial charge in [-0.2, -0.15) is 0 Å². The molecule has 0 radical (unpaired) electrons. The van der Waals surface area contributed by atoms with Crippen LogP contribution >= 0.6 is 11.9 Å². The van der Waals surface area contributed by atoms with Gasteiger partial charge >= 0.3 is 0 Å². The molecule has 7 heteroatoms. The number of ether oxygens (including phenoxy) is 1. The van der Waals surface area contributed by atoms with Crippen LogP contribution in [0.25, 0.3) is 0 Å². The summed E-state index contributed by atoms with van der Waals surface area (Å²) in [4.78, 5) is 23.0. The first-order chi connectivity index (χ1) is 10.6. The van der Waals surface area contributed by atoms with E-state index in [1.165, 1.54) is 13.2 Å². The Morgan fingerprint density at radius 3 is 2.45 bits per heavy atom. The van der Waals surface area contributed by atoms with E-state index in [0.29, 0.717) is 10.5 Å². The monoisotopic (exact) mass is 318 g/mol. The number of amides is 1. The third-order valence-corrected chi connectivity index (χ3v) is 3.77. The first-order valence-electron chi connectivity index (χ1n) is 6.41. The van der Waals surface area contributed by atoms with Crippen LogP contribution in [0, 0.1) is 10.1 Å². The topological polar surface area (TPSA) is 81.5 Å². The number of rotatable bonds is 6. The Bertz CT molecular complexity index is 664. The zero-order valence-electron chi connectivity index (χ0n) is 11.8. The summed E-state index contributed by atoms with van der Waals surface area (Å²) in [6.07, 6.45) is -0.767. The molecule has 0 aliphatic carbocycles. The number of para-hydroxylation sites is 1. The van der Waals surface area contributed by atoms with Crippen molar-refractivity contribution >= 4 is 23.5 Å². The van der Waals surface area contributed by atoms with Crippen molar-refractivity contribution in [2.45, 2.75) is 11.0 Å². The van der Waals surface area contributed by atoms with E-state index in [1.54, 1.807) is 30.3 Å². The average molecular weight is 318 g/mol. The summed E-state index contributed by atoms with van der Waals surface area (Å²) in [5.74, 6) is -0.378. The molecule has 0 saturated carbocycles. The summed E-state index contributed by atoms with van der Waals surface area (Å²) in [5.41, 5.74) is 0.659. The van der Waals surface area contributed by atoms with Gasteiger partial charge in [-0.1, -0.05) is 42.5 Å². The third-order valence-electron chi connectivity index (χ3n) is 2.90. The fourth-order valence-electron chi connectivity index (χ4n) is 1.88. The van der Waals surface area contributed by atoms with Crippen LogP contribution in [0.5, 0.6) is 0 Å². The smallest absolute Gasteiger partial charge is 0.284 e. The van der Waals surface area contributed by atoms with Crippen molar-refractivity contribution in [3.05, 3.63) is 70.3 Å². The molecule has 0 bridgehead atoms. The molecule has 2 aromatic rings. The summed E-state index contributed by atoms with van der Waals surface area (Å²) in [6, 6.07) is 15.2. The second-order valence-corrected chi connectivity index (χ2v) is 5.17. The quantitative estimate of drug-likeness (QED) is 0.503. The van der Waals surface area contributed by atoms with E-state index in [0.717, 1.165) is 11.9 Å². The number of hydrogen-bond acceptors (Lipinski definition) is 5. The Kier molecular flexibility index (Phi) is 5.51. The van der Waals surface area contributed by atoms with E-state index >= 15 is 0 Å². The van der Waals surface area contributed by atoms with Gasteiger partial charge in [0.05, 0.1) is 4.92 Å². The average Bonchev–Trinajstić information content (AvgIpc) is 2.55. The van der Waals surface area contributed by atoms with Crippen molar-refractivity contribution in [1.29, 1.82) is 0 Å². The second kappa shape index (κ2) is 7.58. The van der Waals surface area contributed by atoms with Gasteiger partial charge in [-0.15, -0.1) is 0 Å². The molecule has 0 fully saturated rings. The number of nitro groups is 1. The lowest BCUT2D eigenvalue weighted by atomic mass is 10.1. The summed E-state index contributed by atoms with van der Waals surface area (Å²) in [7, 11) is 1.44. The van der Waals surface area contributed by atoms with E-state index in [2.05, 4.69) is 4.72 Å². The molecule has 0 saturated heterocycles. The van der Waals surface area contributed by atoms with E-state index in [4.69, 9.17) is 4.74 Å². The molecule has 1 atom stereocenters. The van der Waals surface area contributed by atoms with Crippen molar-refractivity contribution in [2.75, 3.05) is 7.11 Å². The fourth-order valence-corrected chi connectivity index (χ4v) is 2.59. The van der Waals surface area contributed by atoms with Gasteiger partial charge < -0.3 is 4.74 Å². The summed E-state index contributed by atoms with van der Waals surface area (Å²) in [5, 5.41) is 10.9. The molecule has 1 N–H and O–H groups in total. The van der Waals surface area contributed by atoms with Crippen LogP contribution in [0.2, 0.25) is 0 Å². The maximum atomic E-state index is 12.2. The lowest BCUT2D eigenvalue weighted by molar-refractivity contribution is -0.387. The predicted molar refractivity (Wildman–Crippen MR) is 83.3 cm³/mol. The number of nitro benzene ring substituents is 1. The molecule has 22 heavy (non-hydrogen) atoms. The highest BCUT2D eigenvalue weighted by Crippen LogP contribution is 2.27. The second-order valence-electron chi connectivity index (χ2n) is 4.32. The molecule has 114 valence electrons. The SMILES string of the molecule is COC(C(=O)NSc1ccccc1[N+](=O)[O-])c1ccccc1. The van der Waals surface area contributed by atoms with E-state index in [9.17, 15) is 14.9 Å². The fraction of sp³-hybridized carbons (Fsp3) is 0.133. The van der Waals surface area contributed by atoms with Crippen LogP contribution < -0.4 is 4.72 Å². The Labute approximate surface area is 131 Å². The number of benzene rings is 2. The highest BCUT2D eigenvalue weighted by molar-refractivity contribution is 7.98. The molecule has 6 nitrogen and oxygen atoms in total. The van der Waals surface area contributed by atoms with Gasteiger partial charge in [0.25, 0.3) is 11.6 Å². The number of nitrogens with zero attached hydrogens (tertiary/aromatic N) is 1. The Hall–Kier alpha value is -2.38. The highest BCUT2D eigenvalue weighted by atomic mass is 32.2. The zero-order chi connectivity index (χ0) is 15.9. The molecule has 2 rings (SSSR count). The van der Waals surface area contributed by atoms with E-state index < -0.39 is 11.0 Å². The van der Waals surface area contributed by atoms with Crippen LogP contribution in [0.4, 0.5) is 5.69 Å². The number of carbonyl (C=O) groups excluding carboxylic acids is 1. The Balaban J connectivity index is 2.08. The minimum atomic E-state index is -0.767. The van der Waals surface area contributed by atoms with Crippen LogP contribution in [0.1, 0.15) is 11.7 Å². The standard InChI is InChI=1S/C15H14N2O4S/c1-21-14(11-7-3-2-4-8-11)15(18)16-22-13-10-6-5-9-12(13)17(19)20/h2-10,14H,1H3,(H,16,18). The number of hydrogen-bond donors (Lipinski definition) is 1. The molecule has 0 aliphatic heterocycles. The van der Waals surface area contributed by atoms with Gasteiger partial charge in [0, 0.05) is 13.2 Å². The molecule has 0 heterocycles. The predicted octanol–water partition coefficient (Wildman–Crippen LogP) is 3.11. The number of methoxy groups -OCH3 is 1. The van der Waals surface area contributed by atoms with Crippen LogP contribution in [0.15, 0.2) is 59.5 Å². The zero-order valence-corrected chi connectivity index (χ0v) is 12.6. The van der Waals surface area contributed by atoms with Crippen molar-refractivity contribution in [2.24, 2.45) is 0 Å². The summed E-state index contributed by atoms with van der Waals surface area (Å²) in [6.45, 7) is 0. The first-order valence-corrected chi connectivity index (χ1v) is 7.23. The van der Waals surface area contributed by atoms with Gasteiger partial charge in [0.1, 0.15) is 4.90 Å². The van der Waals surface area contributed by atoms with Gasteiger partial charge in [-0.3, -0.25) is 19.6 Å². The van der Waals surface area contributed by atoms with Gasteiger partial charge in [0.2, 0.25) is 0 Å². The maximum Gasteiger partial charge on any atom is 0.284 e. The normalized spacial score (nSPS) is 11.7. The minimum absolute atomic E-state index is 0.0542. The van der Waals surface area contributed by atoms with Gasteiger partial charge in [-0.05, 0) is 23.6 Å². The van der Waals surface area contributed by atoms with Crippen molar-refractivity contribution in [3.63, 3.8) is 0 Å². The maximum absolute atomic E-state index is 12.2. The van der Waals surface area contributed by atoms with E-state index in [-0.39, 0.29) is 11.6 Å². The van der Waals surface area contributed by atoms with Gasteiger partial charge in [0.15, 0.2) is 6.10 Å². The molecule has 1 unspecified atom stereocenters. The lowest BCUT2D eigenvalue weighted by Crippen LogP contribution is -2.25. The summed E-state index contributed by atoms with van der Waals surface area (Å²) < 4.78 is 7.80. The summed E-state index contributed by atoms with van der Waals surface area (Å²) >= 11 is 0.901. The minimum Gasteiger partial charge on any atom is -0.367 e. The molecule has 0 aromatic heterocycles. The lowest BCUT2D eigenvalue weighted by Gasteiger charge is -2.15. The molecular weight excluding hydrogens is 304 g/mol. The van der Waals surface area contributed by atoms with Crippen LogP contribution in [-0.2, 0) is 9.53 Å². The largest absolute Gasteiger partial charge is 0.367 e. The van der Waals surface area contributed by atoms with Crippen LogP contribution in [0.3, 0.4) is 0 Å². The van der Waals surface area contributed by atoms with Crippen molar-refractivity contribution in [3.8, 4) is 0 Å².